The van der Waals surface area contributed by atoms with Crippen LogP contribution in [-0.4, -0.2) is 17.7 Å². The van der Waals surface area contributed by atoms with E-state index < -0.39 is 11.7 Å². The molecule has 0 radical (unpaired) electrons. The van der Waals surface area contributed by atoms with E-state index in [0.717, 1.165) is 0 Å². The summed E-state index contributed by atoms with van der Waals surface area (Å²) in [5.74, 6) is -2.21. The first kappa shape index (κ1) is 18.6. The first-order valence-electron chi connectivity index (χ1n) is 8.64. The summed E-state index contributed by atoms with van der Waals surface area (Å²) in [5.41, 5.74) is 1.94. The first-order valence-corrected chi connectivity index (χ1v) is 8.64. The molecule has 140 valence electrons. The predicted molar refractivity (Wildman–Crippen MR) is 101 cm³/mol. The normalized spacial score (nSPS) is 15.7. The van der Waals surface area contributed by atoms with Crippen molar-refractivity contribution in [2.75, 3.05) is 16.0 Å². The van der Waals surface area contributed by atoms with Gasteiger partial charge in [0.1, 0.15) is 5.82 Å². The van der Waals surface area contributed by atoms with Crippen LogP contribution in [0, 0.1) is 11.7 Å². The Hall–Kier alpha value is -3.22. The van der Waals surface area contributed by atoms with Crippen LogP contribution < -0.4 is 16.0 Å². The number of amides is 3. The number of carbonyl (C=O) groups is 3. The molecule has 2 aromatic carbocycles. The van der Waals surface area contributed by atoms with Gasteiger partial charge in [-0.05, 0) is 35.9 Å². The number of benzene rings is 2. The van der Waals surface area contributed by atoms with Gasteiger partial charge in [-0.2, -0.15) is 0 Å². The molecule has 7 heteroatoms. The van der Waals surface area contributed by atoms with Gasteiger partial charge in [0.05, 0.1) is 5.92 Å². The van der Waals surface area contributed by atoms with E-state index in [4.69, 9.17) is 0 Å². The highest BCUT2D eigenvalue weighted by Crippen LogP contribution is 2.33. The summed E-state index contributed by atoms with van der Waals surface area (Å²) in [6, 6.07) is 10.7. The number of nitrogens with one attached hydrogen (secondary N) is 3. The van der Waals surface area contributed by atoms with E-state index in [1.807, 2.05) is 0 Å². The van der Waals surface area contributed by atoms with Crippen molar-refractivity contribution in [3.63, 3.8) is 0 Å². The number of hydrogen-bond donors (Lipinski definition) is 3. The summed E-state index contributed by atoms with van der Waals surface area (Å²) in [6.45, 7) is 3.57. The maximum absolute atomic E-state index is 13.4. The van der Waals surface area contributed by atoms with Gasteiger partial charge in [-0.3, -0.25) is 14.4 Å². The Kier molecular flexibility index (Phi) is 5.21. The lowest BCUT2D eigenvalue weighted by Crippen LogP contribution is -2.30. The number of anilines is 3. The molecule has 3 rings (SSSR count). The average molecular weight is 369 g/mol. The van der Waals surface area contributed by atoms with Crippen LogP contribution in [0.2, 0.25) is 0 Å². The molecule has 0 aromatic heterocycles. The Balaban J connectivity index is 1.78. The van der Waals surface area contributed by atoms with Crippen LogP contribution in [0.25, 0.3) is 0 Å². The van der Waals surface area contributed by atoms with Crippen molar-refractivity contribution in [2.45, 2.75) is 26.2 Å². The Morgan fingerprint density at radius 1 is 1.11 bits per heavy atom. The monoisotopic (exact) mass is 369 g/mol. The minimum Gasteiger partial charge on any atom is -0.326 e. The molecule has 0 saturated carbocycles. The number of fused-ring (bicyclic) bond motifs is 1. The van der Waals surface area contributed by atoms with Crippen molar-refractivity contribution in [1.82, 2.24) is 0 Å². The number of halogens is 1. The molecule has 0 bridgehead atoms. The standard InChI is InChI=1S/C20H20FN3O3/c1-11(2)19(26)22-13-4-3-5-14(9-13)23-20(27)16-10-18(25)24-17-8-12(21)6-7-15(16)17/h3-9,11,16H,10H2,1-2H3,(H,22,26)(H,23,27)(H,24,25). The highest BCUT2D eigenvalue weighted by atomic mass is 19.1. The number of rotatable bonds is 4. The second-order valence-electron chi connectivity index (χ2n) is 6.75. The molecule has 1 unspecified atom stereocenters. The predicted octanol–water partition coefficient (Wildman–Crippen LogP) is 3.48. The zero-order chi connectivity index (χ0) is 19.6. The second-order valence-corrected chi connectivity index (χ2v) is 6.75. The molecule has 1 heterocycles. The van der Waals surface area contributed by atoms with Crippen LogP contribution >= 0.6 is 0 Å². The van der Waals surface area contributed by atoms with Crippen molar-refractivity contribution in [3.05, 3.63) is 53.8 Å². The molecule has 1 atom stereocenters. The van der Waals surface area contributed by atoms with Gasteiger partial charge in [0.25, 0.3) is 0 Å². The summed E-state index contributed by atoms with van der Waals surface area (Å²) < 4.78 is 13.4. The largest absolute Gasteiger partial charge is 0.326 e. The number of carbonyl (C=O) groups excluding carboxylic acids is 3. The minimum atomic E-state index is -0.719. The van der Waals surface area contributed by atoms with Crippen molar-refractivity contribution >= 4 is 34.8 Å². The van der Waals surface area contributed by atoms with Gasteiger partial charge in [-0.15, -0.1) is 0 Å². The highest BCUT2D eigenvalue weighted by molar-refractivity contribution is 6.05. The lowest BCUT2D eigenvalue weighted by molar-refractivity contribution is -0.123. The third-order valence-electron chi connectivity index (χ3n) is 4.29. The summed E-state index contributed by atoms with van der Waals surface area (Å²) in [7, 11) is 0. The lowest BCUT2D eigenvalue weighted by atomic mass is 9.89. The molecule has 0 saturated heterocycles. The van der Waals surface area contributed by atoms with Gasteiger partial charge in [0, 0.05) is 29.4 Å². The number of hydrogen-bond acceptors (Lipinski definition) is 3. The topological polar surface area (TPSA) is 87.3 Å². The maximum Gasteiger partial charge on any atom is 0.232 e. The molecular weight excluding hydrogens is 349 g/mol. The van der Waals surface area contributed by atoms with Gasteiger partial charge in [-0.1, -0.05) is 26.0 Å². The third kappa shape index (κ3) is 4.31. The molecule has 0 aliphatic carbocycles. The van der Waals surface area contributed by atoms with E-state index >= 15 is 0 Å². The molecular formula is C20H20FN3O3. The van der Waals surface area contributed by atoms with E-state index in [1.54, 1.807) is 38.1 Å². The molecule has 0 spiro atoms. The molecule has 0 fully saturated rings. The smallest absolute Gasteiger partial charge is 0.232 e. The molecule has 27 heavy (non-hydrogen) atoms. The SMILES string of the molecule is CC(C)C(=O)Nc1cccc(NC(=O)C2CC(=O)Nc3cc(F)ccc32)c1. The molecule has 6 nitrogen and oxygen atoms in total. The third-order valence-corrected chi connectivity index (χ3v) is 4.29. The molecule has 3 N–H and O–H groups in total. The Labute approximate surface area is 156 Å². The summed E-state index contributed by atoms with van der Waals surface area (Å²) >= 11 is 0. The van der Waals surface area contributed by atoms with E-state index in [2.05, 4.69) is 16.0 Å². The van der Waals surface area contributed by atoms with Crippen molar-refractivity contribution in [3.8, 4) is 0 Å². The zero-order valence-corrected chi connectivity index (χ0v) is 15.0. The zero-order valence-electron chi connectivity index (χ0n) is 15.0. The molecule has 2 aromatic rings. The van der Waals surface area contributed by atoms with Crippen LogP contribution in [0.1, 0.15) is 31.7 Å². The fraction of sp³-hybridized carbons (Fsp3) is 0.250. The van der Waals surface area contributed by atoms with Gasteiger partial charge >= 0.3 is 0 Å². The first-order chi connectivity index (χ1) is 12.8. The average Bonchev–Trinajstić information content (AvgIpc) is 2.60. The quantitative estimate of drug-likeness (QED) is 0.771. The molecule has 3 amide bonds. The summed E-state index contributed by atoms with van der Waals surface area (Å²) in [6.07, 6.45) is -0.0196. The summed E-state index contributed by atoms with van der Waals surface area (Å²) in [4.78, 5) is 36.4. The van der Waals surface area contributed by atoms with Crippen LogP contribution in [0.15, 0.2) is 42.5 Å². The van der Waals surface area contributed by atoms with Crippen molar-refractivity contribution in [2.24, 2.45) is 5.92 Å². The van der Waals surface area contributed by atoms with Crippen molar-refractivity contribution in [1.29, 1.82) is 0 Å². The Bertz CT molecular complexity index is 911. The van der Waals surface area contributed by atoms with Crippen LogP contribution in [0.5, 0.6) is 0 Å². The molecule has 1 aliphatic rings. The van der Waals surface area contributed by atoms with E-state index in [0.29, 0.717) is 22.6 Å². The highest BCUT2D eigenvalue weighted by Gasteiger charge is 2.31. The Morgan fingerprint density at radius 2 is 1.81 bits per heavy atom. The van der Waals surface area contributed by atoms with Crippen LogP contribution in [0.3, 0.4) is 0 Å². The molecule has 1 aliphatic heterocycles. The van der Waals surface area contributed by atoms with E-state index in [1.165, 1.54) is 18.2 Å². The van der Waals surface area contributed by atoms with Gasteiger partial charge < -0.3 is 16.0 Å². The van der Waals surface area contributed by atoms with Gasteiger partial charge in [0.15, 0.2) is 0 Å². The fourth-order valence-corrected chi connectivity index (χ4v) is 2.86. The van der Waals surface area contributed by atoms with Crippen molar-refractivity contribution < 1.29 is 18.8 Å². The maximum atomic E-state index is 13.4. The van der Waals surface area contributed by atoms with Crippen LogP contribution in [0.4, 0.5) is 21.5 Å². The van der Waals surface area contributed by atoms with E-state index in [-0.39, 0.29) is 30.1 Å². The minimum absolute atomic E-state index is 0.0196. The van der Waals surface area contributed by atoms with Crippen LogP contribution in [-0.2, 0) is 14.4 Å². The summed E-state index contributed by atoms with van der Waals surface area (Å²) in [5, 5.41) is 8.12. The second kappa shape index (κ2) is 7.57. The van der Waals surface area contributed by atoms with Gasteiger partial charge in [0.2, 0.25) is 17.7 Å². The van der Waals surface area contributed by atoms with Gasteiger partial charge in [-0.25, -0.2) is 4.39 Å². The fourth-order valence-electron chi connectivity index (χ4n) is 2.86. The lowest BCUT2D eigenvalue weighted by Gasteiger charge is -2.25. The Morgan fingerprint density at radius 3 is 2.52 bits per heavy atom. The van der Waals surface area contributed by atoms with E-state index in [9.17, 15) is 18.8 Å².